The molecule has 0 amide bonds. The van der Waals surface area contributed by atoms with E-state index < -0.39 is 0 Å². The maximum Gasteiger partial charge on any atom is 0.169 e. The number of benzene rings is 1. The lowest BCUT2D eigenvalue weighted by Gasteiger charge is -2.30. The number of nitrogens with one attached hydrogen (secondary N) is 1. The van der Waals surface area contributed by atoms with Gasteiger partial charge in [0.25, 0.3) is 0 Å². The number of furan rings is 1. The summed E-state index contributed by atoms with van der Waals surface area (Å²) < 4.78 is 10.6. The third kappa shape index (κ3) is 5.36. The van der Waals surface area contributed by atoms with Gasteiger partial charge in [0.2, 0.25) is 0 Å². The van der Waals surface area contributed by atoms with Crippen LogP contribution in [0.2, 0.25) is 0 Å². The quantitative estimate of drug-likeness (QED) is 0.573. The van der Waals surface area contributed by atoms with Gasteiger partial charge in [0, 0.05) is 13.1 Å². The van der Waals surface area contributed by atoms with Crippen molar-refractivity contribution in [3.63, 3.8) is 0 Å². The minimum atomic E-state index is 0.607. The summed E-state index contributed by atoms with van der Waals surface area (Å²) in [5.41, 5.74) is 1.22. The molecule has 0 spiro atoms. The van der Waals surface area contributed by atoms with E-state index in [0.717, 1.165) is 42.6 Å². The van der Waals surface area contributed by atoms with Gasteiger partial charge in [-0.05, 0) is 67.2 Å². The molecule has 1 unspecified atom stereocenters. The predicted octanol–water partition coefficient (Wildman–Crippen LogP) is 4.52. The smallest absolute Gasteiger partial charge is 0.169 e. The Hall–Kier alpha value is -2.27. The molecule has 5 heteroatoms. The zero-order valence-electron chi connectivity index (χ0n) is 15.2. The van der Waals surface area contributed by atoms with Crippen molar-refractivity contribution in [2.75, 3.05) is 13.7 Å². The molecule has 1 aromatic carbocycles. The van der Waals surface area contributed by atoms with Crippen molar-refractivity contribution in [3.8, 4) is 5.75 Å². The molecule has 1 aliphatic carbocycles. The maximum absolute atomic E-state index is 5.70. The van der Waals surface area contributed by atoms with Gasteiger partial charge in [-0.15, -0.1) is 0 Å². The van der Waals surface area contributed by atoms with Gasteiger partial charge in [-0.25, -0.2) is 0 Å². The van der Waals surface area contributed by atoms with Crippen molar-refractivity contribution >= 4 is 17.3 Å². The lowest BCUT2D eigenvalue weighted by molar-refractivity contribution is 0.311. The van der Waals surface area contributed by atoms with Gasteiger partial charge in [0.1, 0.15) is 11.5 Å². The van der Waals surface area contributed by atoms with Crippen LogP contribution in [-0.4, -0.2) is 23.7 Å². The molecule has 3 rings (SSSR count). The zero-order chi connectivity index (χ0) is 18.2. The molecule has 0 fully saturated rings. The van der Waals surface area contributed by atoms with E-state index in [4.69, 9.17) is 21.4 Å². The van der Waals surface area contributed by atoms with Crippen molar-refractivity contribution in [1.82, 2.24) is 10.2 Å². The highest BCUT2D eigenvalue weighted by molar-refractivity contribution is 7.80. The highest BCUT2D eigenvalue weighted by atomic mass is 32.1. The Labute approximate surface area is 160 Å². The molecule has 0 saturated heterocycles. The Morgan fingerprint density at radius 1 is 1.27 bits per heavy atom. The molecular formula is C21H26N2O2S. The number of ether oxygens (including phenoxy) is 1. The monoisotopic (exact) mass is 370 g/mol. The van der Waals surface area contributed by atoms with E-state index >= 15 is 0 Å². The SMILES string of the molecule is COc1ccc(CN(CC2CC=CCC2)C(=S)NCc2ccco2)cc1. The van der Waals surface area contributed by atoms with Crippen LogP contribution in [0.15, 0.2) is 59.2 Å². The summed E-state index contributed by atoms with van der Waals surface area (Å²) >= 11 is 5.70. The van der Waals surface area contributed by atoms with Crippen LogP contribution in [0.3, 0.4) is 0 Å². The van der Waals surface area contributed by atoms with Crippen molar-refractivity contribution in [3.05, 3.63) is 66.1 Å². The van der Waals surface area contributed by atoms with E-state index in [0.29, 0.717) is 12.5 Å². The second-order valence-corrected chi connectivity index (χ2v) is 7.00. The first-order chi connectivity index (χ1) is 12.7. The Bertz CT molecular complexity index is 710. The standard InChI is InChI=1S/C21H26N2O2S/c1-24-19-11-9-18(10-12-19)16-23(15-17-6-3-2-4-7-17)21(26)22-14-20-8-5-13-25-20/h2-3,5,8-13,17H,4,6-7,14-16H2,1H3,(H,22,26). The lowest BCUT2D eigenvalue weighted by atomic mass is 9.94. The minimum Gasteiger partial charge on any atom is -0.497 e. The van der Waals surface area contributed by atoms with Gasteiger partial charge in [-0.3, -0.25) is 0 Å². The van der Waals surface area contributed by atoms with Crippen LogP contribution >= 0.6 is 12.2 Å². The van der Waals surface area contributed by atoms with Gasteiger partial charge in [0.15, 0.2) is 5.11 Å². The van der Waals surface area contributed by atoms with Gasteiger partial charge >= 0.3 is 0 Å². The van der Waals surface area contributed by atoms with Crippen molar-refractivity contribution < 1.29 is 9.15 Å². The third-order valence-electron chi connectivity index (χ3n) is 4.67. The van der Waals surface area contributed by atoms with Gasteiger partial charge < -0.3 is 19.4 Å². The fourth-order valence-electron chi connectivity index (χ4n) is 3.19. The Kier molecular flexibility index (Phi) is 6.72. The Morgan fingerprint density at radius 2 is 2.12 bits per heavy atom. The number of thiocarbonyl (C=S) groups is 1. The molecule has 26 heavy (non-hydrogen) atoms. The van der Waals surface area contributed by atoms with Crippen LogP contribution in [0.5, 0.6) is 5.75 Å². The number of hydrogen-bond acceptors (Lipinski definition) is 3. The van der Waals surface area contributed by atoms with E-state index in [1.807, 2.05) is 24.3 Å². The van der Waals surface area contributed by atoms with Crippen LogP contribution in [-0.2, 0) is 13.1 Å². The number of hydrogen-bond donors (Lipinski definition) is 1. The van der Waals surface area contributed by atoms with Crippen LogP contribution in [0, 0.1) is 5.92 Å². The molecule has 1 aliphatic rings. The summed E-state index contributed by atoms with van der Waals surface area (Å²) in [4.78, 5) is 2.27. The molecule has 0 radical (unpaired) electrons. The molecule has 0 saturated carbocycles. The largest absolute Gasteiger partial charge is 0.497 e. The Morgan fingerprint density at radius 3 is 2.77 bits per heavy atom. The second-order valence-electron chi connectivity index (χ2n) is 6.62. The molecule has 1 atom stereocenters. The van der Waals surface area contributed by atoms with E-state index in [-0.39, 0.29) is 0 Å². The first-order valence-corrected chi connectivity index (χ1v) is 9.48. The van der Waals surface area contributed by atoms with E-state index in [1.54, 1.807) is 13.4 Å². The Balaban J connectivity index is 1.64. The van der Waals surface area contributed by atoms with Crippen molar-refractivity contribution in [2.24, 2.45) is 5.92 Å². The average molecular weight is 371 g/mol. The summed E-state index contributed by atoms with van der Waals surface area (Å²) in [5.74, 6) is 2.40. The normalized spacial score (nSPS) is 16.3. The maximum atomic E-state index is 5.70. The van der Waals surface area contributed by atoms with Crippen LogP contribution < -0.4 is 10.1 Å². The summed E-state index contributed by atoms with van der Waals surface area (Å²) in [6.07, 6.45) is 9.75. The fourth-order valence-corrected chi connectivity index (χ4v) is 3.40. The van der Waals surface area contributed by atoms with E-state index in [1.165, 1.54) is 12.0 Å². The topological polar surface area (TPSA) is 37.6 Å². The molecule has 138 valence electrons. The van der Waals surface area contributed by atoms with Gasteiger partial charge in [-0.1, -0.05) is 24.3 Å². The predicted molar refractivity (Wildman–Crippen MR) is 108 cm³/mol. The van der Waals surface area contributed by atoms with Gasteiger partial charge in [0.05, 0.1) is 19.9 Å². The number of rotatable bonds is 7. The number of nitrogens with zero attached hydrogens (tertiary/aromatic N) is 1. The lowest BCUT2D eigenvalue weighted by Crippen LogP contribution is -2.41. The molecule has 0 bridgehead atoms. The first-order valence-electron chi connectivity index (χ1n) is 9.07. The highest BCUT2D eigenvalue weighted by Gasteiger charge is 2.18. The summed E-state index contributed by atoms with van der Waals surface area (Å²) in [6, 6.07) is 12.0. The van der Waals surface area contributed by atoms with Crippen molar-refractivity contribution in [1.29, 1.82) is 0 Å². The third-order valence-corrected chi connectivity index (χ3v) is 5.07. The van der Waals surface area contributed by atoms with Crippen LogP contribution in [0.1, 0.15) is 30.6 Å². The van der Waals surface area contributed by atoms with Crippen LogP contribution in [0.4, 0.5) is 0 Å². The summed E-state index contributed by atoms with van der Waals surface area (Å²) in [7, 11) is 1.69. The molecule has 1 N–H and O–H groups in total. The molecule has 1 aromatic heterocycles. The molecule has 4 nitrogen and oxygen atoms in total. The molecule has 2 aromatic rings. The molecule has 0 aliphatic heterocycles. The van der Waals surface area contributed by atoms with Crippen molar-refractivity contribution in [2.45, 2.75) is 32.4 Å². The van der Waals surface area contributed by atoms with Gasteiger partial charge in [-0.2, -0.15) is 0 Å². The number of methoxy groups -OCH3 is 1. The van der Waals surface area contributed by atoms with E-state index in [2.05, 4.69) is 34.5 Å². The van der Waals surface area contributed by atoms with E-state index in [9.17, 15) is 0 Å². The average Bonchev–Trinajstić information content (AvgIpc) is 3.20. The molecule has 1 heterocycles. The summed E-state index contributed by atoms with van der Waals surface area (Å²) in [6.45, 7) is 2.35. The minimum absolute atomic E-state index is 0.607. The first kappa shape index (κ1) is 18.5. The second kappa shape index (κ2) is 9.43. The highest BCUT2D eigenvalue weighted by Crippen LogP contribution is 2.21. The number of allylic oxidation sites excluding steroid dienone is 2. The zero-order valence-corrected chi connectivity index (χ0v) is 16.0. The molecular weight excluding hydrogens is 344 g/mol. The fraction of sp³-hybridized carbons (Fsp3) is 0.381. The van der Waals surface area contributed by atoms with Crippen LogP contribution in [0.25, 0.3) is 0 Å². The summed E-state index contributed by atoms with van der Waals surface area (Å²) in [5, 5.41) is 4.11.